The lowest BCUT2D eigenvalue weighted by Crippen LogP contribution is -2.16. The Bertz CT molecular complexity index is 804. The Morgan fingerprint density at radius 3 is 2.72 bits per heavy atom. The highest BCUT2D eigenvalue weighted by atomic mass is 16.5. The van der Waals surface area contributed by atoms with Crippen molar-refractivity contribution in [2.24, 2.45) is 11.3 Å². The number of ether oxygens (including phenoxy) is 1. The fourth-order valence-electron chi connectivity index (χ4n) is 3.12. The Kier molecular flexibility index (Phi) is 8.92. The molecule has 0 aromatic heterocycles. The van der Waals surface area contributed by atoms with Crippen molar-refractivity contribution in [3.63, 3.8) is 0 Å². The van der Waals surface area contributed by atoms with Gasteiger partial charge in [-0.05, 0) is 41.9 Å². The normalized spacial score (nSPS) is 19.7. The standard InChI is InChI=1S/C27H35NO/c1-5-12-23(16-10-15-22-13-8-6-7-9-14-22)21-29-26(28)24-17-11-18-25(20-19-24)27(2,3)4/h6,8-14,16-20,25,28H,5,7,15,21H2,1-4H3/b16-10-,23-12+,28-26?. The van der Waals surface area contributed by atoms with Gasteiger partial charge in [-0.3, -0.25) is 5.41 Å². The van der Waals surface area contributed by atoms with Crippen LogP contribution in [0.4, 0.5) is 0 Å². The highest BCUT2D eigenvalue weighted by molar-refractivity contribution is 5.94. The van der Waals surface area contributed by atoms with E-state index in [0.717, 1.165) is 30.4 Å². The molecule has 0 bridgehead atoms. The summed E-state index contributed by atoms with van der Waals surface area (Å²) >= 11 is 0. The zero-order valence-corrected chi connectivity index (χ0v) is 18.3. The number of hydrogen-bond donors (Lipinski definition) is 1. The zero-order valence-electron chi connectivity index (χ0n) is 18.3. The predicted molar refractivity (Wildman–Crippen MR) is 126 cm³/mol. The summed E-state index contributed by atoms with van der Waals surface area (Å²) in [6.45, 7) is 9.21. The smallest absolute Gasteiger partial charge is 0.213 e. The Labute approximate surface area is 176 Å². The van der Waals surface area contributed by atoms with Crippen LogP contribution >= 0.6 is 0 Å². The first kappa shape index (κ1) is 22.7. The monoisotopic (exact) mass is 389 g/mol. The van der Waals surface area contributed by atoms with E-state index in [0.29, 0.717) is 12.5 Å². The third-order valence-corrected chi connectivity index (χ3v) is 4.92. The van der Waals surface area contributed by atoms with Crippen LogP contribution in [0.1, 0.15) is 47.0 Å². The molecule has 0 amide bonds. The first-order valence-electron chi connectivity index (χ1n) is 10.6. The van der Waals surface area contributed by atoms with Crippen molar-refractivity contribution in [2.75, 3.05) is 6.61 Å². The molecule has 1 unspecified atom stereocenters. The van der Waals surface area contributed by atoms with Gasteiger partial charge in [0.15, 0.2) is 0 Å². The average molecular weight is 390 g/mol. The number of rotatable bonds is 7. The molecule has 0 radical (unpaired) electrons. The molecule has 2 heteroatoms. The summed E-state index contributed by atoms with van der Waals surface area (Å²) in [6.07, 6.45) is 30.4. The van der Waals surface area contributed by atoms with Crippen LogP contribution in [0, 0.1) is 16.7 Å². The summed E-state index contributed by atoms with van der Waals surface area (Å²) in [5, 5.41) is 8.34. The molecule has 0 spiro atoms. The minimum Gasteiger partial charge on any atom is -0.473 e. The van der Waals surface area contributed by atoms with Crippen molar-refractivity contribution in [2.45, 2.75) is 47.0 Å². The largest absolute Gasteiger partial charge is 0.473 e. The molecule has 29 heavy (non-hydrogen) atoms. The van der Waals surface area contributed by atoms with E-state index in [-0.39, 0.29) is 11.3 Å². The highest BCUT2D eigenvalue weighted by Gasteiger charge is 2.20. The van der Waals surface area contributed by atoms with Crippen LogP contribution in [0.3, 0.4) is 0 Å². The molecule has 154 valence electrons. The maximum atomic E-state index is 8.34. The van der Waals surface area contributed by atoms with Crippen LogP contribution in [0.2, 0.25) is 0 Å². The summed E-state index contributed by atoms with van der Waals surface area (Å²) < 4.78 is 5.81. The van der Waals surface area contributed by atoms with Crippen LogP contribution in [0.15, 0.2) is 95.7 Å². The fourth-order valence-corrected chi connectivity index (χ4v) is 3.12. The number of nitrogens with one attached hydrogen (secondary N) is 1. The predicted octanol–water partition coefficient (Wildman–Crippen LogP) is 7.42. The van der Waals surface area contributed by atoms with Crippen LogP contribution in [-0.2, 0) is 4.74 Å². The highest BCUT2D eigenvalue weighted by Crippen LogP contribution is 2.30. The second-order valence-electron chi connectivity index (χ2n) is 8.48. The molecular weight excluding hydrogens is 354 g/mol. The quantitative estimate of drug-likeness (QED) is 0.274. The zero-order chi connectivity index (χ0) is 21.1. The van der Waals surface area contributed by atoms with Gasteiger partial charge in [0.05, 0.1) is 0 Å². The van der Waals surface area contributed by atoms with E-state index in [9.17, 15) is 0 Å². The van der Waals surface area contributed by atoms with Crippen molar-refractivity contribution in [1.82, 2.24) is 0 Å². The van der Waals surface area contributed by atoms with E-state index < -0.39 is 0 Å². The Morgan fingerprint density at radius 1 is 1.14 bits per heavy atom. The van der Waals surface area contributed by atoms with E-state index >= 15 is 0 Å². The molecule has 0 saturated carbocycles. The molecule has 0 heterocycles. The van der Waals surface area contributed by atoms with Crippen molar-refractivity contribution in [3.8, 4) is 0 Å². The van der Waals surface area contributed by atoms with Gasteiger partial charge < -0.3 is 4.74 Å². The van der Waals surface area contributed by atoms with Gasteiger partial charge in [-0.2, -0.15) is 0 Å². The molecule has 2 rings (SSSR count). The van der Waals surface area contributed by atoms with Gasteiger partial charge in [0.25, 0.3) is 0 Å². The third-order valence-electron chi connectivity index (χ3n) is 4.92. The van der Waals surface area contributed by atoms with Gasteiger partial charge in [0.1, 0.15) is 6.61 Å². The molecule has 2 nitrogen and oxygen atoms in total. The second kappa shape index (κ2) is 11.4. The van der Waals surface area contributed by atoms with E-state index in [1.807, 2.05) is 18.2 Å². The molecule has 0 aromatic carbocycles. The van der Waals surface area contributed by atoms with Crippen LogP contribution in [0.5, 0.6) is 0 Å². The fraction of sp³-hybridized carbons (Fsp3) is 0.370. The van der Waals surface area contributed by atoms with Gasteiger partial charge in [-0.15, -0.1) is 0 Å². The van der Waals surface area contributed by atoms with Crippen molar-refractivity contribution < 1.29 is 4.74 Å². The first-order chi connectivity index (χ1) is 13.9. The summed E-state index contributed by atoms with van der Waals surface area (Å²) in [5.74, 6) is 0.570. The summed E-state index contributed by atoms with van der Waals surface area (Å²) in [5.41, 5.74) is 3.38. The summed E-state index contributed by atoms with van der Waals surface area (Å²) in [4.78, 5) is 0. The van der Waals surface area contributed by atoms with Gasteiger partial charge in [-0.1, -0.05) is 101 Å². The van der Waals surface area contributed by atoms with Crippen molar-refractivity contribution in [3.05, 3.63) is 95.7 Å². The van der Waals surface area contributed by atoms with Crippen LogP contribution < -0.4 is 0 Å². The topological polar surface area (TPSA) is 33.1 Å². The van der Waals surface area contributed by atoms with Gasteiger partial charge in [0, 0.05) is 11.5 Å². The maximum absolute atomic E-state index is 8.34. The lowest BCUT2D eigenvalue weighted by Gasteiger charge is -2.24. The molecule has 0 saturated heterocycles. The second-order valence-corrected chi connectivity index (χ2v) is 8.48. The van der Waals surface area contributed by atoms with Gasteiger partial charge in [-0.25, -0.2) is 0 Å². The van der Waals surface area contributed by atoms with E-state index in [2.05, 4.69) is 88.5 Å². The first-order valence-corrected chi connectivity index (χ1v) is 10.6. The van der Waals surface area contributed by atoms with Gasteiger partial charge in [0.2, 0.25) is 5.90 Å². The minimum atomic E-state index is 0.166. The van der Waals surface area contributed by atoms with Crippen molar-refractivity contribution >= 4 is 5.90 Å². The Morgan fingerprint density at radius 2 is 1.97 bits per heavy atom. The molecule has 2 aliphatic carbocycles. The lowest BCUT2D eigenvalue weighted by atomic mass is 9.80. The van der Waals surface area contributed by atoms with E-state index in [1.54, 1.807) is 0 Å². The van der Waals surface area contributed by atoms with E-state index in [1.165, 1.54) is 5.57 Å². The number of hydrogen-bond acceptors (Lipinski definition) is 2. The maximum Gasteiger partial charge on any atom is 0.213 e. The summed E-state index contributed by atoms with van der Waals surface area (Å²) in [7, 11) is 0. The Hall–Kier alpha value is -2.61. The van der Waals surface area contributed by atoms with Gasteiger partial charge >= 0.3 is 0 Å². The van der Waals surface area contributed by atoms with E-state index in [4.69, 9.17) is 10.1 Å². The van der Waals surface area contributed by atoms with Crippen LogP contribution in [0.25, 0.3) is 0 Å². The lowest BCUT2D eigenvalue weighted by molar-refractivity contribution is 0.339. The summed E-state index contributed by atoms with van der Waals surface area (Å²) in [6, 6.07) is 0. The third kappa shape index (κ3) is 8.11. The molecule has 0 aliphatic heterocycles. The molecule has 0 aromatic rings. The minimum absolute atomic E-state index is 0.166. The number of allylic oxidation sites excluding steroid dienone is 12. The Balaban J connectivity index is 1.92. The van der Waals surface area contributed by atoms with Crippen molar-refractivity contribution in [1.29, 1.82) is 5.41 Å². The van der Waals surface area contributed by atoms with Crippen LogP contribution in [-0.4, -0.2) is 12.5 Å². The molecule has 2 aliphatic rings. The molecular formula is C27H35NO. The average Bonchev–Trinajstić information content (AvgIpc) is 3.08. The molecule has 1 N–H and O–H groups in total. The molecule has 0 fully saturated rings. The molecule has 1 atom stereocenters. The SMILES string of the molecule is CC/C=C(\C=C/CC1=CC=CCC=C1)COC(=N)C1=CC=CC(C(C)(C)C)C=C1.